The molecule has 0 spiro atoms. The lowest BCUT2D eigenvalue weighted by Gasteiger charge is -2.22. The molecule has 2 N–H and O–H groups in total. The van der Waals surface area contributed by atoms with Crippen LogP contribution in [0.1, 0.15) is 12.0 Å². The zero-order valence-corrected chi connectivity index (χ0v) is 15.0. The lowest BCUT2D eigenvalue weighted by Crippen LogP contribution is -2.36. The summed E-state index contributed by atoms with van der Waals surface area (Å²) in [6.45, 7) is 0.900. The molecule has 0 atom stereocenters. The van der Waals surface area contributed by atoms with Gasteiger partial charge in [-0.2, -0.15) is 4.31 Å². The lowest BCUT2D eigenvalue weighted by molar-refractivity contribution is 0.402. The van der Waals surface area contributed by atoms with E-state index in [9.17, 15) is 16.8 Å². The van der Waals surface area contributed by atoms with Crippen LogP contribution < -0.4 is 5.73 Å². The van der Waals surface area contributed by atoms with Crippen LogP contribution in [-0.4, -0.2) is 52.0 Å². The fourth-order valence-corrected chi connectivity index (χ4v) is 4.82. The largest absolute Gasteiger partial charge is 0.330 e. The second kappa shape index (κ2) is 9.46. The number of nitrogens with two attached hydrogens (primary N) is 1. The Labute approximate surface area is 139 Å². The van der Waals surface area contributed by atoms with Gasteiger partial charge in [-0.1, -0.05) is 30.3 Å². The predicted octanol–water partition coefficient (Wildman–Crippen LogP) is 0.634. The molecule has 0 aliphatic rings. The molecular formula is C13H23ClN2O4S2. The van der Waals surface area contributed by atoms with Crippen LogP contribution in [0.2, 0.25) is 0 Å². The van der Waals surface area contributed by atoms with Gasteiger partial charge in [0.2, 0.25) is 10.0 Å². The highest BCUT2D eigenvalue weighted by molar-refractivity contribution is 7.93. The second-order valence-electron chi connectivity index (χ2n) is 4.91. The van der Waals surface area contributed by atoms with Crippen molar-refractivity contribution in [3.8, 4) is 0 Å². The molecule has 1 aromatic carbocycles. The van der Waals surface area contributed by atoms with Crippen molar-refractivity contribution in [3.05, 3.63) is 35.9 Å². The maximum atomic E-state index is 12.3. The van der Waals surface area contributed by atoms with E-state index in [-0.39, 0.29) is 31.2 Å². The van der Waals surface area contributed by atoms with Gasteiger partial charge < -0.3 is 5.73 Å². The number of rotatable bonds is 9. The van der Waals surface area contributed by atoms with E-state index in [2.05, 4.69) is 0 Å². The van der Waals surface area contributed by atoms with E-state index in [4.69, 9.17) is 5.73 Å². The number of hydrogen-bond acceptors (Lipinski definition) is 5. The number of benzene rings is 1. The van der Waals surface area contributed by atoms with Gasteiger partial charge in [-0.25, -0.2) is 16.8 Å². The third-order valence-corrected chi connectivity index (χ3v) is 5.94. The molecule has 0 saturated heterocycles. The van der Waals surface area contributed by atoms with E-state index in [1.54, 1.807) is 0 Å². The molecule has 0 amide bonds. The summed E-state index contributed by atoms with van der Waals surface area (Å²) in [4.78, 5) is 0. The van der Waals surface area contributed by atoms with Gasteiger partial charge in [0.1, 0.15) is 9.84 Å². The van der Waals surface area contributed by atoms with Gasteiger partial charge in [-0.05, 0) is 18.5 Å². The summed E-state index contributed by atoms with van der Waals surface area (Å²) in [5.74, 6) is -0.771. The quantitative estimate of drug-likeness (QED) is 0.687. The molecule has 6 nitrogen and oxygen atoms in total. The van der Waals surface area contributed by atoms with Gasteiger partial charge in [0, 0.05) is 19.3 Å². The maximum Gasteiger partial charge on any atom is 0.215 e. The molecule has 0 aliphatic carbocycles. The van der Waals surface area contributed by atoms with Crippen LogP contribution in [0.5, 0.6) is 0 Å². The van der Waals surface area contributed by atoms with Crippen molar-refractivity contribution in [1.29, 1.82) is 0 Å². The van der Waals surface area contributed by atoms with Crippen molar-refractivity contribution >= 4 is 32.3 Å². The number of nitrogens with zero attached hydrogens (tertiary/aromatic N) is 1. The molecule has 0 saturated carbocycles. The van der Waals surface area contributed by atoms with E-state index < -0.39 is 25.6 Å². The summed E-state index contributed by atoms with van der Waals surface area (Å²) in [6, 6.07) is 9.19. The standard InChI is InChI=1S/C13H22N2O4S2.ClH/c1-20(16,17)10-11-21(18,19)15(9-5-8-14)12-13-6-3-2-4-7-13;/h2-4,6-7H,5,8-12,14H2,1H3;1H. The molecule has 1 rings (SSSR count). The summed E-state index contributed by atoms with van der Waals surface area (Å²) in [7, 11) is -6.94. The molecule has 0 unspecified atom stereocenters. The van der Waals surface area contributed by atoms with Gasteiger partial charge in [0.05, 0.1) is 11.5 Å². The summed E-state index contributed by atoms with van der Waals surface area (Å²) in [5.41, 5.74) is 6.30. The Morgan fingerprint density at radius 1 is 1.05 bits per heavy atom. The van der Waals surface area contributed by atoms with Crippen molar-refractivity contribution in [2.45, 2.75) is 13.0 Å². The van der Waals surface area contributed by atoms with Crippen LogP contribution in [0.25, 0.3) is 0 Å². The summed E-state index contributed by atoms with van der Waals surface area (Å²) in [6.07, 6.45) is 1.56. The van der Waals surface area contributed by atoms with E-state index in [0.29, 0.717) is 13.0 Å². The van der Waals surface area contributed by atoms with E-state index in [1.165, 1.54) is 4.31 Å². The average Bonchev–Trinajstić information content (AvgIpc) is 2.41. The Bertz CT molecular complexity index is 633. The fraction of sp³-hybridized carbons (Fsp3) is 0.538. The van der Waals surface area contributed by atoms with Crippen LogP contribution in [-0.2, 0) is 26.4 Å². The highest BCUT2D eigenvalue weighted by Gasteiger charge is 2.23. The third kappa shape index (κ3) is 8.09. The van der Waals surface area contributed by atoms with Crippen LogP contribution in [0.4, 0.5) is 0 Å². The first kappa shape index (κ1) is 21.3. The van der Waals surface area contributed by atoms with E-state index >= 15 is 0 Å². The van der Waals surface area contributed by atoms with Crippen molar-refractivity contribution in [1.82, 2.24) is 4.31 Å². The molecule has 0 bridgehead atoms. The third-order valence-electron chi connectivity index (χ3n) is 2.92. The second-order valence-corrected chi connectivity index (χ2v) is 9.26. The highest BCUT2D eigenvalue weighted by atomic mass is 35.5. The van der Waals surface area contributed by atoms with Gasteiger partial charge >= 0.3 is 0 Å². The Morgan fingerprint density at radius 3 is 2.14 bits per heavy atom. The zero-order valence-electron chi connectivity index (χ0n) is 12.5. The van der Waals surface area contributed by atoms with Crippen molar-refractivity contribution in [2.75, 3.05) is 30.9 Å². The molecule has 0 aromatic heterocycles. The molecule has 1 aromatic rings. The van der Waals surface area contributed by atoms with Gasteiger partial charge in [-0.3, -0.25) is 0 Å². The Morgan fingerprint density at radius 2 is 1.64 bits per heavy atom. The molecule has 0 heterocycles. The van der Waals surface area contributed by atoms with Crippen LogP contribution >= 0.6 is 12.4 Å². The first-order chi connectivity index (χ1) is 9.74. The monoisotopic (exact) mass is 370 g/mol. The molecule has 9 heteroatoms. The molecule has 0 aliphatic heterocycles. The predicted molar refractivity (Wildman–Crippen MR) is 91.3 cm³/mol. The molecule has 128 valence electrons. The Hall–Kier alpha value is -0.670. The number of sulfonamides is 1. The molecule has 0 fully saturated rings. The van der Waals surface area contributed by atoms with Crippen molar-refractivity contribution in [3.63, 3.8) is 0 Å². The molecular weight excluding hydrogens is 348 g/mol. The van der Waals surface area contributed by atoms with Crippen molar-refractivity contribution in [2.24, 2.45) is 5.73 Å². The van der Waals surface area contributed by atoms with Gasteiger partial charge in [-0.15, -0.1) is 12.4 Å². The zero-order chi connectivity index (χ0) is 15.9. The average molecular weight is 371 g/mol. The van der Waals surface area contributed by atoms with Gasteiger partial charge in [0.25, 0.3) is 0 Å². The minimum atomic E-state index is -3.63. The van der Waals surface area contributed by atoms with Crippen LogP contribution in [0, 0.1) is 0 Å². The highest BCUT2D eigenvalue weighted by Crippen LogP contribution is 2.11. The number of sulfone groups is 1. The maximum absolute atomic E-state index is 12.3. The smallest absolute Gasteiger partial charge is 0.215 e. The van der Waals surface area contributed by atoms with Crippen LogP contribution in [0.15, 0.2) is 30.3 Å². The Kier molecular flexibility index (Phi) is 9.18. The van der Waals surface area contributed by atoms with Crippen LogP contribution in [0.3, 0.4) is 0 Å². The number of halogens is 1. The first-order valence-electron chi connectivity index (χ1n) is 6.64. The lowest BCUT2D eigenvalue weighted by atomic mass is 10.2. The number of hydrogen-bond donors (Lipinski definition) is 1. The normalized spacial score (nSPS) is 12.1. The molecule has 0 radical (unpaired) electrons. The fourth-order valence-electron chi connectivity index (χ4n) is 1.76. The summed E-state index contributed by atoms with van der Waals surface area (Å²) >= 11 is 0. The van der Waals surface area contributed by atoms with E-state index in [1.807, 2.05) is 30.3 Å². The minimum Gasteiger partial charge on any atom is -0.330 e. The van der Waals surface area contributed by atoms with E-state index in [0.717, 1.165) is 11.8 Å². The summed E-state index contributed by atoms with van der Waals surface area (Å²) in [5, 5.41) is 0. The topological polar surface area (TPSA) is 97.5 Å². The van der Waals surface area contributed by atoms with Crippen molar-refractivity contribution < 1.29 is 16.8 Å². The SMILES string of the molecule is CS(=O)(=O)CCS(=O)(=O)N(CCCN)Cc1ccccc1.Cl. The Balaban J connectivity index is 0.00000441. The first-order valence-corrected chi connectivity index (χ1v) is 10.3. The summed E-state index contributed by atoms with van der Waals surface area (Å²) < 4.78 is 48.3. The van der Waals surface area contributed by atoms with Gasteiger partial charge in [0.15, 0.2) is 0 Å². The minimum absolute atomic E-state index is 0. The molecule has 22 heavy (non-hydrogen) atoms.